The Morgan fingerprint density at radius 2 is 1.82 bits per heavy atom. The van der Waals surface area contributed by atoms with Crippen LogP contribution < -0.4 is 14.8 Å². The Hall–Kier alpha value is -1.71. The highest BCUT2D eigenvalue weighted by molar-refractivity contribution is 5.92. The predicted molar refractivity (Wildman–Crippen MR) is 86.2 cm³/mol. The van der Waals surface area contributed by atoms with Crippen LogP contribution in [-0.2, 0) is 4.79 Å². The first-order valence-electron chi connectivity index (χ1n) is 8.49. The van der Waals surface area contributed by atoms with Gasteiger partial charge in [-0.1, -0.05) is 20.3 Å². The van der Waals surface area contributed by atoms with Gasteiger partial charge in [0.25, 0.3) is 5.79 Å². The highest BCUT2D eigenvalue weighted by Crippen LogP contribution is 2.46. The summed E-state index contributed by atoms with van der Waals surface area (Å²) in [5, 5.41) is 2.99. The second-order valence-corrected chi connectivity index (χ2v) is 6.34. The number of ether oxygens (including phenoxy) is 2. The summed E-state index contributed by atoms with van der Waals surface area (Å²) in [5.74, 6) is 1.23. The minimum absolute atomic E-state index is 0.0649. The van der Waals surface area contributed by atoms with E-state index in [1.807, 2.05) is 32.0 Å². The van der Waals surface area contributed by atoms with Gasteiger partial charge in [0.15, 0.2) is 11.5 Å². The Morgan fingerprint density at radius 1 is 1.14 bits per heavy atom. The molecule has 4 heteroatoms. The van der Waals surface area contributed by atoms with Gasteiger partial charge in [-0.3, -0.25) is 4.79 Å². The number of amides is 1. The molecule has 0 unspecified atom stereocenters. The SMILES string of the molecule is CCC(CC)C(=O)Nc1ccc2c(c1)OC1(CCCCC1)O2. The monoisotopic (exact) mass is 303 g/mol. The van der Waals surface area contributed by atoms with Crippen LogP contribution in [0, 0.1) is 5.92 Å². The maximum Gasteiger partial charge on any atom is 0.251 e. The van der Waals surface area contributed by atoms with Crippen molar-refractivity contribution < 1.29 is 14.3 Å². The molecule has 1 amide bonds. The minimum atomic E-state index is -0.460. The van der Waals surface area contributed by atoms with E-state index in [0.717, 1.165) is 55.7 Å². The number of hydrogen-bond donors (Lipinski definition) is 1. The van der Waals surface area contributed by atoms with Crippen LogP contribution in [0.15, 0.2) is 18.2 Å². The molecular weight excluding hydrogens is 278 g/mol. The Bertz CT molecular complexity index is 545. The number of anilines is 1. The molecule has 0 aromatic heterocycles. The van der Waals surface area contributed by atoms with Crippen molar-refractivity contribution in [2.24, 2.45) is 5.92 Å². The number of carbonyl (C=O) groups is 1. The molecule has 0 atom stereocenters. The maximum atomic E-state index is 12.2. The molecule has 120 valence electrons. The van der Waals surface area contributed by atoms with Gasteiger partial charge in [0, 0.05) is 30.5 Å². The molecule has 1 aromatic carbocycles. The lowest BCUT2D eigenvalue weighted by atomic mass is 9.94. The average molecular weight is 303 g/mol. The summed E-state index contributed by atoms with van der Waals surface area (Å²) in [5.41, 5.74) is 0.784. The van der Waals surface area contributed by atoms with Crippen LogP contribution in [0.1, 0.15) is 58.8 Å². The molecule has 0 saturated heterocycles. The molecule has 1 fully saturated rings. The molecule has 1 aliphatic carbocycles. The highest BCUT2D eigenvalue weighted by Gasteiger charge is 2.42. The van der Waals surface area contributed by atoms with Crippen molar-refractivity contribution in [3.8, 4) is 11.5 Å². The van der Waals surface area contributed by atoms with E-state index in [2.05, 4.69) is 5.32 Å². The normalized spacial score (nSPS) is 18.7. The largest absolute Gasteiger partial charge is 0.448 e. The van der Waals surface area contributed by atoms with Gasteiger partial charge in [0.05, 0.1) is 0 Å². The number of hydrogen-bond acceptors (Lipinski definition) is 3. The molecule has 3 rings (SSSR count). The summed E-state index contributed by atoms with van der Waals surface area (Å²) in [6.07, 6.45) is 7.14. The van der Waals surface area contributed by atoms with Crippen LogP contribution in [-0.4, -0.2) is 11.7 Å². The van der Waals surface area contributed by atoms with Gasteiger partial charge in [-0.25, -0.2) is 0 Å². The van der Waals surface area contributed by atoms with Gasteiger partial charge in [0.1, 0.15) is 0 Å². The number of carbonyl (C=O) groups excluding carboxylic acids is 1. The first-order chi connectivity index (χ1) is 10.7. The van der Waals surface area contributed by atoms with E-state index in [-0.39, 0.29) is 11.8 Å². The Morgan fingerprint density at radius 3 is 2.50 bits per heavy atom. The first kappa shape index (κ1) is 15.2. The van der Waals surface area contributed by atoms with Crippen LogP contribution in [0.25, 0.3) is 0 Å². The van der Waals surface area contributed by atoms with Gasteiger partial charge in [-0.2, -0.15) is 0 Å². The predicted octanol–water partition coefficient (Wildman–Crippen LogP) is 4.49. The molecule has 22 heavy (non-hydrogen) atoms. The van der Waals surface area contributed by atoms with Crippen LogP contribution in [0.2, 0.25) is 0 Å². The summed E-state index contributed by atoms with van der Waals surface area (Å²) >= 11 is 0. The Balaban J connectivity index is 1.71. The Labute approximate surface area is 132 Å². The third-order valence-electron chi connectivity index (χ3n) is 4.77. The highest BCUT2D eigenvalue weighted by atomic mass is 16.7. The third kappa shape index (κ3) is 2.92. The minimum Gasteiger partial charge on any atom is -0.448 e. The maximum absolute atomic E-state index is 12.2. The van der Waals surface area contributed by atoms with E-state index in [0.29, 0.717) is 0 Å². The third-order valence-corrected chi connectivity index (χ3v) is 4.77. The number of benzene rings is 1. The van der Waals surface area contributed by atoms with Crippen molar-refractivity contribution in [3.05, 3.63) is 18.2 Å². The van der Waals surface area contributed by atoms with Crippen LogP contribution in [0.5, 0.6) is 11.5 Å². The summed E-state index contributed by atoms with van der Waals surface area (Å²) < 4.78 is 12.1. The van der Waals surface area contributed by atoms with E-state index in [4.69, 9.17) is 9.47 Å². The summed E-state index contributed by atoms with van der Waals surface area (Å²) in [4.78, 5) is 12.2. The fourth-order valence-corrected chi connectivity index (χ4v) is 3.37. The van der Waals surface area contributed by atoms with Crippen LogP contribution in [0.4, 0.5) is 5.69 Å². The standard InChI is InChI=1S/C18H25NO3/c1-3-13(4-2)17(20)19-14-8-9-15-16(12-14)22-18(21-15)10-6-5-7-11-18/h8-9,12-13H,3-7,10-11H2,1-2H3,(H,19,20). The Kier molecular flexibility index (Phi) is 4.27. The first-order valence-corrected chi connectivity index (χ1v) is 8.49. The molecule has 1 aromatic rings. The van der Waals surface area contributed by atoms with Crippen molar-refractivity contribution in [3.63, 3.8) is 0 Å². The molecule has 4 nitrogen and oxygen atoms in total. The van der Waals surface area contributed by atoms with E-state index in [1.165, 1.54) is 6.42 Å². The number of nitrogens with one attached hydrogen (secondary N) is 1. The van der Waals surface area contributed by atoms with Crippen LogP contribution in [0.3, 0.4) is 0 Å². The summed E-state index contributed by atoms with van der Waals surface area (Å²) in [6.45, 7) is 4.08. The van der Waals surface area contributed by atoms with Gasteiger partial charge in [0.2, 0.25) is 5.91 Å². The van der Waals surface area contributed by atoms with Crippen LogP contribution >= 0.6 is 0 Å². The lowest BCUT2D eigenvalue weighted by Crippen LogP contribution is -2.40. The van der Waals surface area contributed by atoms with Gasteiger partial charge in [-0.15, -0.1) is 0 Å². The number of fused-ring (bicyclic) bond motifs is 1. The molecule has 1 N–H and O–H groups in total. The van der Waals surface area contributed by atoms with E-state index < -0.39 is 5.79 Å². The molecule has 2 aliphatic rings. The van der Waals surface area contributed by atoms with E-state index >= 15 is 0 Å². The topological polar surface area (TPSA) is 47.6 Å². The molecule has 1 aliphatic heterocycles. The van der Waals surface area contributed by atoms with E-state index in [9.17, 15) is 4.79 Å². The number of rotatable bonds is 4. The zero-order valence-electron chi connectivity index (χ0n) is 13.5. The fourth-order valence-electron chi connectivity index (χ4n) is 3.37. The fraction of sp³-hybridized carbons (Fsp3) is 0.611. The molecule has 0 radical (unpaired) electrons. The van der Waals surface area contributed by atoms with E-state index in [1.54, 1.807) is 0 Å². The van der Waals surface area contributed by atoms with Crippen molar-refractivity contribution in [2.45, 2.75) is 64.6 Å². The quantitative estimate of drug-likeness (QED) is 0.891. The van der Waals surface area contributed by atoms with Crippen molar-refractivity contribution in [1.29, 1.82) is 0 Å². The zero-order valence-corrected chi connectivity index (χ0v) is 13.5. The van der Waals surface area contributed by atoms with Gasteiger partial charge >= 0.3 is 0 Å². The summed E-state index contributed by atoms with van der Waals surface area (Å²) in [7, 11) is 0. The lowest BCUT2D eigenvalue weighted by Gasteiger charge is -2.31. The molecule has 0 bridgehead atoms. The lowest BCUT2D eigenvalue weighted by molar-refractivity contribution is -0.120. The van der Waals surface area contributed by atoms with Crippen molar-refractivity contribution in [2.75, 3.05) is 5.32 Å². The molecule has 1 saturated carbocycles. The van der Waals surface area contributed by atoms with Gasteiger partial charge < -0.3 is 14.8 Å². The molecule has 1 spiro atoms. The summed E-state index contributed by atoms with van der Waals surface area (Å²) in [6, 6.07) is 5.69. The second kappa shape index (κ2) is 6.19. The second-order valence-electron chi connectivity index (χ2n) is 6.34. The average Bonchev–Trinajstić information content (AvgIpc) is 2.85. The van der Waals surface area contributed by atoms with Crippen molar-refractivity contribution in [1.82, 2.24) is 0 Å². The van der Waals surface area contributed by atoms with Crippen molar-refractivity contribution >= 4 is 11.6 Å². The van der Waals surface area contributed by atoms with Gasteiger partial charge in [-0.05, 0) is 37.8 Å². The molecule has 1 heterocycles. The smallest absolute Gasteiger partial charge is 0.251 e. The molecular formula is C18H25NO3. The zero-order chi connectivity index (χ0) is 15.6.